The average Bonchev–Trinajstić information content (AvgIpc) is 1.88. The Morgan fingerprint density at radius 2 is 2.40 bits per heavy atom. The molecule has 0 aliphatic carbocycles. The first kappa shape index (κ1) is 6.67. The van der Waals surface area contributed by atoms with Crippen molar-refractivity contribution < 1.29 is 0 Å². The van der Waals surface area contributed by atoms with Crippen LogP contribution in [-0.2, 0) is 0 Å². The lowest BCUT2D eigenvalue weighted by molar-refractivity contribution is 0.926. The smallest absolute Gasteiger partial charge is 0.149 e. The van der Waals surface area contributed by atoms with Crippen LogP contribution in [0.1, 0.15) is 6.92 Å². The van der Waals surface area contributed by atoms with E-state index < -0.39 is 0 Å². The van der Waals surface area contributed by atoms with Crippen LogP contribution in [0.3, 0.4) is 0 Å². The van der Waals surface area contributed by atoms with E-state index in [0.717, 1.165) is 0 Å². The molecule has 0 saturated carbocycles. The Kier molecular flexibility index (Phi) is 1.62. The van der Waals surface area contributed by atoms with E-state index in [4.69, 9.17) is 10.8 Å². The molecule has 52 valence electrons. The number of nitrogens with zero attached hydrogens (tertiary/aromatic N) is 2. The van der Waals surface area contributed by atoms with E-state index in [1.165, 1.54) is 10.8 Å². The normalized spacial score (nSPS) is 9.30. The molecular formula is C6H8N4. The van der Waals surface area contributed by atoms with Gasteiger partial charge in [-0.05, 0) is 6.92 Å². The van der Waals surface area contributed by atoms with Crippen molar-refractivity contribution in [3.05, 3.63) is 24.1 Å². The van der Waals surface area contributed by atoms with Crippen molar-refractivity contribution in [3.8, 4) is 0 Å². The Bertz CT molecular complexity index is 299. The van der Waals surface area contributed by atoms with Gasteiger partial charge in [0.05, 0.1) is 6.20 Å². The molecule has 4 heteroatoms. The maximum atomic E-state index is 7.26. The molecule has 0 bridgehead atoms. The second-order valence-corrected chi connectivity index (χ2v) is 1.92. The second kappa shape index (κ2) is 2.43. The van der Waals surface area contributed by atoms with Gasteiger partial charge in [0, 0.05) is 12.4 Å². The predicted molar refractivity (Wildman–Crippen MR) is 36.9 cm³/mol. The molecule has 0 atom stereocenters. The molecule has 0 aromatic carbocycles. The molecule has 1 aromatic heterocycles. The highest BCUT2D eigenvalue weighted by atomic mass is 15.0. The number of hydrogen-bond donors (Lipinski definition) is 2. The summed E-state index contributed by atoms with van der Waals surface area (Å²) in [5, 5.41) is 14.5. The van der Waals surface area contributed by atoms with Gasteiger partial charge in [0.1, 0.15) is 11.3 Å². The minimum absolute atomic E-state index is 0.231. The molecular weight excluding hydrogens is 128 g/mol. The topological polar surface area (TPSA) is 65.5 Å². The van der Waals surface area contributed by atoms with E-state index in [1.807, 2.05) is 0 Å². The third kappa shape index (κ3) is 1.10. The lowest BCUT2D eigenvalue weighted by atomic mass is 10.6. The van der Waals surface area contributed by atoms with Crippen molar-refractivity contribution in [3.63, 3.8) is 0 Å². The predicted octanol–water partition coefficient (Wildman–Crippen LogP) is 0.208. The summed E-state index contributed by atoms with van der Waals surface area (Å²) in [6, 6.07) is 0. The van der Waals surface area contributed by atoms with Crippen molar-refractivity contribution >= 4 is 5.84 Å². The van der Waals surface area contributed by atoms with E-state index in [0.29, 0.717) is 5.84 Å². The molecule has 0 unspecified atom stereocenters. The number of hydrogen-bond acceptors (Lipinski definition) is 3. The first-order valence-electron chi connectivity index (χ1n) is 2.84. The first-order valence-corrected chi connectivity index (χ1v) is 2.84. The van der Waals surface area contributed by atoms with Gasteiger partial charge >= 0.3 is 0 Å². The molecule has 0 spiro atoms. The second-order valence-electron chi connectivity index (χ2n) is 1.92. The van der Waals surface area contributed by atoms with Crippen molar-refractivity contribution in [2.24, 2.45) is 0 Å². The molecule has 1 rings (SSSR count). The summed E-state index contributed by atoms with van der Waals surface area (Å²) in [4.78, 5) is 3.72. The maximum Gasteiger partial charge on any atom is 0.149 e. The van der Waals surface area contributed by atoms with Crippen molar-refractivity contribution in [1.29, 1.82) is 10.8 Å². The van der Waals surface area contributed by atoms with Crippen molar-refractivity contribution in [1.82, 2.24) is 9.55 Å². The van der Waals surface area contributed by atoms with Crippen LogP contribution in [0.4, 0.5) is 0 Å². The third-order valence-corrected chi connectivity index (χ3v) is 1.12. The summed E-state index contributed by atoms with van der Waals surface area (Å²) in [5.41, 5.74) is 0.231. The molecule has 2 N–H and O–H groups in total. The number of aromatic nitrogens is 2. The number of rotatable bonds is 0. The number of nitrogens with one attached hydrogen (secondary N) is 2. The van der Waals surface area contributed by atoms with Crippen molar-refractivity contribution in [2.45, 2.75) is 6.92 Å². The van der Waals surface area contributed by atoms with E-state index in [-0.39, 0.29) is 5.49 Å². The van der Waals surface area contributed by atoms with Gasteiger partial charge in [-0.2, -0.15) is 0 Å². The molecule has 10 heavy (non-hydrogen) atoms. The zero-order valence-electron chi connectivity index (χ0n) is 5.63. The van der Waals surface area contributed by atoms with Gasteiger partial charge < -0.3 is 0 Å². The fourth-order valence-corrected chi connectivity index (χ4v) is 0.654. The van der Waals surface area contributed by atoms with Crippen LogP contribution in [-0.4, -0.2) is 15.4 Å². The van der Waals surface area contributed by atoms with Gasteiger partial charge in [-0.3, -0.25) is 20.4 Å². The van der Waals surface area contributed by atoms with E-state index in [1.54, 1.807) is 19.3 Å². The molecule has 0 aliphatic rings. The van der Waals surface area contributed by atoms with Crippen LogP contribution in [0.25, 0.3) is 0 Å². The van der Waals surface area contributed by atoms with Gasteiger partial charge in [-0.25, -0.2) is 0 Å². The van der Waals surface area contributed by atoms with Gasteiger partial charge in [0.15, 0.2) is 0 Å². The summed E-state index contributed by atoms with van der Waals surface area (Å²) in [5.74, 6) is 0.326. The van der Waals surface area contributed by atoms with E-state index >= 15 is 0 Å². The van der Waals surface area contributed by atoms with Crippen LogP contribution in [0.2, 0.25) is 0 Å². The van der Waals surface area contributed by atoms with E-state index in [9.17, 15) is 0 Å². The average molecular weight is 136 g/mol. The van der Waals surface area contributed by atoms with Crippen LogP contribution >= 0.6 is 0 Å². The SMILES string of the molecule is CC(=N)n1ccncc1=N. The highest BCUT2D eigenvalue weighted by molar-refractivity contribution is 5.78. The Morgan fingerprint density at radius 3 is 2.80 bits per heavy atom. The van der Waals surface area contributed by atoms with Crippen LogP contribution < -0.4 is 5.49 Å². The fourth-order valence-electron chi connectivity index (χ4n) is 0.654. The quantitative estimate of drug-likeness (QED) is 0.388. The zero-order chi connectivity index (χ0) is 7.56. The highest BCUT2D eigenvalue weighted by Gasteiger charge is 1.89. The molecule has 1 aromatic rings. The summed E-state index contributed by atoms with van der Waals surface area (Å²) in [6.07, 6.45) is 4.54. The largest absolute Gasteiger partial charge is 0.288 e. The zero-order valence-corrected chi connectivity index (χ0v) is 5.63. The lowest BCUT2D eigenvalue weighted by Crippen LogP contribution is -2.23. The lowest BCUT2D eigenvalue weighted by Gasteiger charge is -1.99. The van der Waals surface area contributed by atoms with Crippen LogP contribution in [0, 0.1) is 10.8 Å². The van der Waals surface area contributed by atoms with Gasteiger partial charge in [-0.15, -0.1) is 0 Å². The van der Waals surface area contributed by atoms with Crippen molar-refractivity contribution in [2.75, 3.05) is 0 Å². The third-order valence-electron chi connectivity index (χ3n) is 1.12. The standard InChI is InChI=1S/C6H8N4/c1-5(7)10-3-2-9-4-6(10)8/h2-4,7-8H,1H3. The fraction of sp³-hybridized carbons (Fsp3) is 0.167. The Morgan fingerprint density at radius 1 is 1.70 bits per heavy atom. The Balaban J connectivity index is 3.29. The molecule has 1 heterocycles. The van der Waals surface area contributed by atoms with Crippen LogP contribution in [0.15, 0.2) is 18.6 Å². The molecule has 4 nitrogen and oxygen atoms in total. The van der Waals surface area contributed by atoms with E-state index in [2.05, 4.69) is 4.98 Å². The van der Waals surface area contributed by atoms with Gasteiger partial charge in [0.25, 0.3) is 0 Å². The first-order chi connectivity index (χ1) is 4.72. The van der Waals surface area contributed by atoms with Crippen LogP contribution in [0.5, 0.6) is 0 Å². The summed E-state index contributed by atoms with van der Waals surface area (Å²) >= 11 is 0. The summed E-state index contributed by atoms with van der Waals surface area (Å²) < 4.78 is 1.44. The summed E-state index contributed by atoms with van der Waals surface area (Å²) in [7, 11) is 0. The molecule has 0 saturated heterocycles. The Hall–Kier alpha value is -1.45. The maximum absolute atomic E-state index is 7.26. The summed E-state index contributed by atoms with van der Waals surface area (Å²) in [6.45, 7) is 1.62. The Labute approximate surface area is 58.2 Å². The minimum atomic E-state index is 0.231. The molecule has 0 fully saturated rings. The molecule has 0 amide bonds. The molecule has 0 radical (unpaired) electrons. The van der Waals surface area contributed by atoms with Gasteiger partial charge in [0.2, 0.25) is 0 Å². The minimum Gasteiger partial charge on any atom is -0.288 e. The van der Waals surface area contributed by atoms with Gasteiger partial charge in [-0.1, -0.05) is 0 Å². The highest BCUT2D eigenvalue weighted by Crippen LogP contribution is 1.75. The monoisotopic (exact) mass is 136 g/mol. The molecule has 0 aliphatic heterocycles.